The number of esters is 1. The molecule has 0 unspecified atom stereocenters. The van der Waals surface area contributed by atoms with Crippen LogP contribution in [0, 0.1) is 6.92 Å². The predicted molar refractivity (Wildman–Crippen MR) is 117 cm³/mol. The maximum atomic E-state index is 12.6. The molecule has 1 aromatic heterocycles. The van der Waals surface area contributed by atoms with Gasteiger partial charge in [-0.3, -0.25) is 4.79 Å². The molecule has 3 rings (SSSR count). The minimum absolute atomic E-state index is 0.188. The number of rotatable bonds is 8. The van der Waals surface area contributed by atoms with Crippen molar-refractivity contribution in [2.24, 2.45) is 0 Å². The zero-order valence-electron chi connectivity index (χ0n) is 17.4. The van der Waals surface area contributed by atoms with E-state index in [1.165, 1.54) is 5.56 Å². The molecule has 1 heterocycles. The number of ketones is 1. The fourth-order valence-corrected chi connectivity index (χ4v) is 3.48. The highest BCUT2D eigenvalue weighted by atomic mass is 35.5. The summed E-state index contributed by atoms with van der Waals surface area (Å²) in [5, 5.41) is 4.55. The lowest BCUT2D eigenvalue weighted by molar-refractivity contribution is 0.0474. The second-order valence-electron chi connectivity index (χ2n) is 7.33. The summed E-state index contributed by atoms with van der Waals surface area (Å²) in [7, 11) is 0. The van der Waals surface area contributed by atoms with Gasteiger partial charge in [-0.15, -0.1) is 0 Å². The number of hydrogen-bond donors (Lipinski definition) is 0. The number of hydrogen-bond acceptors (Lipinski definition) is 4. The Labute approximate surface area is 181 Å². The topological polar surface area (TPSA) is 61.2 Å². The molecular weight excluding hydrogens is 400 g/mol. The first kappa shape index (κ1) is 21.8. The smallest absolute Gasteiger partial charge is 0.343 e. The molecule has 5 nitrogen and oxygen atoms in total. The van der Waals surface area contributed by atoms with Gasteiger partial charge >= 0.3 is 5.97 Å². The van der Waals surface area contributed by atoms with Gasteiger partial charge in [0.25, 0.3) is 0 Å². The molecule has 0 aliphatic carbocycles. The third kappa shape index (κ3) is 4.97. The van der Waals surface area contributed by atoms with Crippen molar-refractivity contribution in [3.8, 4) is 0 Å². The van der Waals surface area contributed by atoms with Crippen molar-refractivity contribution < 1.29 is 14.3 Å². The molecule has 30 heavy (non-hydrogen) atoms. The Balaban J connectivity index is 1.65. The number of ether oxygens (including phenoxy) is 1. The molecule has 0 bridgehead atoms. The van der Waals surface area contributed by atoms with Gasteiger partial charge in [0, 0.05) is 5.56 Å². The maximum Gasteiger partial charge on any atom is 0.343 e. The second-order valence-corrected chi connectivity index (χ2v) is 7.68. The third-order valence-electron chi connectivity index (χ3n) is 5.19. The molecule has 0 amide bonds. The fraction of sp³-hybridized carbons (Fsp3) is 0.292. The molecule has 0 N–H and O–H groups in total. The molecule has 0 radical (unpaired) electrons. The molecule has 0 saturated carbocycles. The Hall–Kier alpha value is -2.92. The first-order chi connectivity index (χ1) is 14.4. The molecule has 0 aliphatic heterocycles. The summed E-state index contributed by atoms with van der Waals surface area (Å²) in [6.07, 6.45) is 1.03. The number of Topliss-reactive ketones (excluding diaryl/α,β-unsaturated/α-hetero) is 1. The molecule has 156 valence electrons. The Morgan fingerprint density at radius 1 is 1.10 bits per heavy atom. The highest BCUT2D eigenvalue weighted by molar-refractivity contribution is 6.32. The van der Waals surface area contributed by atoms with Gasteiger partial charge in [0.2, 0.25) is 0 Å². The quantitative estimate of drug-likeness (QED) is 0.356. The molecule has 3 aromatic rings. The van der Waals surface area contributed by atoms with Crippen molar-refractivity contribution in [3.63, 3.8) is 0 Å². The third-order valence-corrected chi connectivity index (χ3v) is 5.58. The molecular formula is C24H25ClN2O3. The average molecular weight is 425 g/mol. The van der Waals surface area contributed by atoms with Crippen LogP contribution in [0.4, 0.5) is 0 Å². The minimum atomic E-state index is -0.651. The van der Waals surface area contributed by atoms with Crippen molar-refractivity contribution in [3.05, 3.63) is 87.7 Å². The number of benzene rings is 2. The SMILES string of the molecule is CC[C@H](C)c1ccc(C(=O)COC(=O)c2c(C)nn(Cc3ccccc3)c2Cl)cc1. The van der Waals surface area contributed by atoms with Crippen molar-refractivity contribution >= 4 is 23.4 Å². The largest absolute Gasteiger partial charge is 0.454 e. The van der Waals surface area contributed by atoms with Gasteiger partial charge in [-0.1, -0.05) is 80.0 Å². The van der Waals surface area contributed by atoms with Crippen LogP contribution in [-0.2, 0) is 11.3 Å². The number of aromatic nitrogens is 2. The summed E-state index contributed by atoms with van der Waals surface area (Å²) in [6.45, 7) is 6.05. The van der Waals surface area contributed by atoms with Crippen molar-refractivity contribution in [1.82, 2.24) is 9.78 Å². The van der Waals surface area contributed by atoms with Gasteiger partial charge in [0.05, 0.1) is 12.2 Å². The number of halogens is 1. The Morgan fingerprint density at radius 2 is 1.77 bits per heavy atom. The number of aryl methyl sites for hydroxylation is 1. The van der Waals surface area contributed by atoms with Crippen LogP contribution >= 0.6 is 11.6 Å². The normalized spacial score (nSPS) is 11.9. The van der Waals surface area contributed by atoms with Crippen LogP contribution in [0.3, 0.4) is 0 Å². The van der Waals surface area contributed by atoms with Crippen LogP contribution in [0.1, 0.15) is 63.7 Å². The first-order valence-corrected chi connectivity index (χ1v) is 10.4. The van der Waals surface area contributed by atoms with Gasteiger partial charge in [0.15, 0.2) is 12.4 Å². The Kier molecular flexibility index (Phi) is 7.06. The number of nitrogens with zero attached hydrogens (tertiary/aromatic N) is 2. The molecule has 0 aliphatic rings. The van der Waals surface area contributed by atoms with Gasteiger partial charge < -0.3 is 4.74 Å². The van der Waals surface area contributed by atoms with E-state index >= 15 is 0 Å². The monoisotopic (exact) mass is 424 g/mol. The van der Waals surface area contributed by atoms with E-state index in [1.54, 1.807) is 23.7 Å². The Morgan fingerprint density at radius 3 is 2.40 bits per heavy atom. The first-order valence-electron chi connectivity index (χ1n) is 9.97. The van der Waals surface area contributed by atoms with Crippen LogP contribution < -0.4 is 0 Å². The minimum Gasteiger partial charge on any atom is -0.454 e. The van der Waals surface area contributed by atoms with Crippen LogP contribution in [0.2, 0.25) is 5.15 Å². The Bertz CT molecular complexity index is 1030. The lowest BCUT2D eigenvalue weighted by Crippen LogP contribution is -2.15. The van der Waals surface area contributed by atoms with Gasteiger partial charge in [-0.25, -0.2) is 9.48 Å². The molecule has 0 saturated heterocycles. The fourth-order valence-electron chi connectivity index (χ4n) is 3.17. The summed E-state index contributed by atoms with van der Waals surface area (Å²) in [6, 6.07) is 17.1. The van der Waals surface area contributed by atoms with Gasteiger partial charge in [-0.05, 0) is 30.4 Å². The van der Waals surface area contributed by atoms with E-state index < -0.39 is 5.97 Å². The lowest BCUT2D eigenvalue weighted by atomic mass is 9.97. The zero-order chi connectivity index (χ0) is 21.7. The maximum absolute atomic E-state index is 12.6. The standard InChI is InChI=1S/C24H25ClN2O3/c1-4-16(2)19-10-12-20(13-11-19)21(28)15-30-24(29)22-17(3)26-27(23(22)25)14-18-8-6-5-7-9-18/h5-13,16H,4,14-15H2,1-3H3/t16-/m0/s1. The molecule has 0 fully saturated rings. The highest BCUT2D eigenvalue weighted by Crippen LogP contribution is 2.22. The van der Waals surface area contributed by atoms with E-state index in [9.17, 15) is 9.59 Å². The summed E-state index contributed by atoms with van der Waals surface area (Å²) < 4.78 is 6.80. The van der Waals surface area contributed by atoms with Crippen molar-refractivity contribution in [1.29, 1.82) is 0 Å². The van der Waals surface area contributed by atoms with E-state index in [0.29, 0.717) is 23.7 Å². The molecule has 6 heteroatoms. The van der Waals surface area contributed by atoms with Crippen molar-refractivity contribution in [2.75, 3.05) is 6.61 Å². The lowest BCUT2D eigenvalue weighted by Gasteiger charge is -2.09. The number of carbonyl (C=O) groups excluding carboxylic acids is 2. The molecule has 1 atom stereocenters. The van der Waals surface area contributed by atoms with Crippen LogP contribution in [0.5, 0.6) is 0 Å². The van der Waals surface area contributed by atoms with Crippen LogP contribution in [0.15, 0.2) is 54.6 Å². The summed E-state index contributed by atoms with van der Waals surface area (Å²) >= 11 is 6.38. The number of carbonyl (C=O) groups is 2. The highest BCUT2D eigenvalue weighted by Gasteiger charge is 2.23. The summed E-state index contributed by atoms with van der Waals surface area (Å²) in [5.74, 6) is -0.476. The molecule has 2 aromatic carbocycles. The van der Waals surface area contributed by atoms with E-state index in [-0.39, 0.29) is 23.1 Å². The van der Waals surface area contributed by atoms with Crippen LogP contribution in [-0.4, -0.2) is 28.1 Å². The van der Waals surface area contributed by atoms with Crippen LogP contribution in [0.25, 0.3) is 0 Å². The van der Waals surface area contributed by atoms with Gasteiger partial charge in [0.1, 0.15) is 10.7 Å². The zero-order valence-corrected chi connectivity index (χ0v) is 18.1. The van der Waals surface area contributed by atoms with Crippen molar-refractivity contribution in [2.45, 2.75) is 39.7 Å². The predicted octanol–water partition coefficient (Wildman–Crippen LogP) is 5.45. The van der Waals surface area contributed by atoms with E-state index in [2.05, 4.69) is 18.9 Å². The van der Waals surface area contributed by atoms with E-state index in [1.807, 2.05) is 42.5 Å². The van der Waals surface area contributed by atoms with Gasteiger partial charge in [-0.2, -0.15) is 5.10 Å². The van der Waals surface area contributed by atoms with E-state index in [0.717, 1.165) is 12.0 Å². The molecule has 0 spiro atoms. The summed E-state index contributed by atoms with van der Waals surface area (Å²) in [4.78, 5) is 25.0. The summed E-state index contributed by atoms with van der Waals surface area (Å²) in [5.41, 5.74) is 3.35. The second kappa shape index (κ2) is 9.72. The van der Waals surface area contributed by atoms with E-state index in [4.69, 9.17) is 16.3 Å². The average Bonchev–Trinajstić information content (AvgIpc) is 3.04.